The van der Waals surface area contributed by atoms with Crippen LogP contribution in [0.25, 0.3) is 0 Å². The van der Waals surface area contributed by atoms with Gasteiger partial charge < -0.3 is 10.0 Å². The van der Waals surface area contributed by atoms with Crippen LogP contribution in [0.5, 0.6) is 0 Å². The first-order chi connectivity index (χ1) is 11.2. The molecule has 0 fully saturated rings. The van der Waals surface area contributed by atoms with Gasteiger partial charge in [0.05, 0.1) is 17.6 Å². The number of benzene rings is 1. The van der Waals surface area contributed by atoms with Crippen molar-refractivity contribution in [3.63, 3.8) is 0 Å². The van der Waals surface area contributed by atoms with E-state index in [1.807, 2.05) is 24.1 Å². The zero-order valence-corrected chi connectivity index (χ0v) is 14.5. The molecule has 0 amide bonds. The second-order valence-corrected chi connectivity index (χ2v) is 7.01. The normalized spacial score (nSPS) is 12.9. The molecule has 130 valence electrons. The zero-order valence-electron chi connectivity index (χ0n) is 14.5. The molecule has 0 radical (unpaired) electrons. The lowest BCUT2D eigenvalue weighted by Gasteiger charge is -2.24. The van der Waals surface area contributed by atoms with Crippen molar-refractivity contribution < 1.29 is 10.0 Å². The van der Waals surface area contributed by atoms with Crippen molar-refractivity contribution in [2.24, 2.45) is 0 Å². The molecule has 1 heterocycles. The average Bonchev–Trinajstić information content (AvgIpc) is 2.95. The van der Waals surface area contributed by atoms with Gasteiger partial charge in [0.2, 0.25) is 0 Å². The highest BCUT2D eigenvalue weighted by atomic mass is 16.6. The van der Waals surface area contributed by atoms with Gasteiger partial charge in [-0.3, -0.25) is 14.8 Å². The largest absolute Gasteiger partial charge is 0.389 e. The van der Waals surface area contributed by atoms with Crippen LogP contribution in [-0.4, -0.2) is 39.5 Å². The third kappa shape index (κ3) is 4.55. The third-order valence-corrected chi connectivity index (χ3v) is 3.89. The van der Waals surface area contributed by atoms with Crippen LogP contribution in [0.2, 0.25) is 0 Å². The molecule has 0 saturated carbocycles. The molecule has 7 heteroatoms. The third-order valence-electron chi connectivity index (χ3n) is 3.89. The Morgan fingerprint density at radius 1 is 1.33 bits per heavy atom. The second-order valence-electron chi connectivity index (χ2n) is 7.01. The molecule has 24 heavy (non-hydrogen) atoms. The van der Waals surface area contributed by atoms with Crippen molar-refractivity contribution in [3.8, 4) is 0 Å². The maximum atomic E-state index is 10.6. The van der Waals surface area contributed by atoms with E-state index in [1.165, 1.54) is 22.6 Å². The zero-order chi connectivity index (χ0) is 17.9. The molecule has 1 aromatic carbocycles. The van der Waals surface area contributed by atoms with Gasteiger partial charge in [0.1, 0.15) is 12.4 Å². The molecular formula is C17H24N4O3. The molecule has 1 unspecified atom stereocenters. The molecule has 0 aliphatic carbocycles. The monoisotopic (exact) mass is 332 g/mol. The molecule has 0 aliphatic heterocycles. The van der Waals surface area contributed by atoms with Crippen LogP contribution >= 0.6 is 0 Å². The lowest BCUT2D eigenvalue weighted by molar-refractivity contribution is -0.385. The topological polar surface area (TPSA) is 84.4 Å². The summed E-state index contributed by atoms with van der Waals surface area (Å²) in [5, 5.41) is 24.7. The predicted molar refractivity (Wildman–Crippen MR) is 93.3 cm³/mol. The fourth-order valence-electron chi connectivity index (χ4n) is 2.46. The van der Waals surface area contributed by atoms with Crippen molar-refractivity contribution in [2.75, 3.05) is 18.5 Å². The first-order valence-electron chi connectivity index (χ1n) is 7.83. The van der Waals surface area contributed by atoms with Gasteiger partial charge in [-0.25, -0.2) is 0 Å². The summed E-state index contributed by atoms with van der Waals surface area (Å²) in [7, 11) is 1.90. The van der Waals surface area contributed by atoms with Crippen LogP contribution in [0.3, 0.4) is 0 Å². The second kappa shape index (κ2) is 7.00. The average molecular weight is 332 g/mol. The van der Waals surface area contributed by atoms with E-state index in [9.17, 15) is 15.2 Å². The number of hydrogen-bond acceptors (Lipinski definition) is 5. The summed E-state index contributed by atoms with van der Waals surface area (Å²) in [6.07, 6.45) is 1.82. The highest BCUT2D eigenvalue weighted by Crippen LogP contribution is 2.24. The van der Waals surface area contributed by atoms with E-state index in [0.717, 1.165) is 5.69 Å². The summed E-state index contributed by atoms with van der Waals surface area (Å²) in [6, 6.07) is 8.25. The van der Waals surface area contributed by atoms with Gasteiger partial charge in [0.25, 0.3) is 0 Å². The van der Waals surface area contributed by atoms with Crippen LogP contribution < -0.4 is 4.90 Å². The minimum Gasteiger partial charge on any atom is -0.389 e. The van der Waals surface area contributed by atoms with Crippen molar-refractivity contribution in [1.29, 1.82) is 0 Å². The molecule has 2 rings (SSSR count). The summed E-state index contributed by atoms with van der Waals surface area (Å²) in [5.74, 6) is 0. The van der Waals surface area contributed by atoms with Gasteiger partial charge in [-0.2, -0.15) is 5.10 Å². The molecule has 7 nitrogen and oxygen atoms in total. The van der Waals surface area contributed by atoms with Gasteiger partial charge >= 0.3 is 5.69 Å². The Balaban J connectivity index is 1.95. The van der Waals surface area contributed by atoms with E-state index in [1.54, 1.807) is 0 Å². The smallest absolute Gasteiger partial charge is 0.306 e. The summed E-state index contributed by atoms with van der Waals surface area (Å²) in [5.41, 5.74) is 2.29. The number of aliphatic hydroxyl groups excluding tert-OH is 1. The minimum absolute atomic E-state index is 0.0756. The quantitative estimate of drug-likeness (QED) is 0.649. The van der Waals surface area contributed by atoms with E-state index in [4.69, 9.17) is 0 Å². The molecule has 2 aromatic rings. The van der Waals surface area contributed by atoms with E-state index in [0.29, 0.717) is 6.54 Å². The molecule has 0 spiro atoms. The molecule has 0 saturated heterocycles. The van der Waals surface area contributed by atoms with Crippen molar-refractivity contribution in [3.05, 3.63) is 52.3 Å². The molecular weight excluding hydrogens is 308 g/mol. The van der Waals surface area contributed by atoms with E-state index in [-0.39, 0.29) is 17.6 Å². The van der Waals surface area contributed by atoms with Gasteiger partial charge in [0, 0.05) is 19.3 Å². The first-order valence-corrected chi connectivity index (χ1v) is 7.83. The van der Waals surface area contributed by atoms with Crippen LogP contribution in [-0.2, 0) is 12.0 Å². The fraction of sp³-hybridized carbons (Fsp3) is 0.471. The number of rotatable bonds is 6. The van der Waals surface area contributed by atoms with Crippen LogP contribution in [0.15, 0.2) is 36.7 Å². The number of nitrogens with zero attached hydrogens (tertiary/aromatic N) is 4. The number of anilines is 1. The summed E-state index contributed by atoms with van der Waals surface area (Å²) >= 11 is 0. The van der Waals surface area contributed by atoms with Crippen molar-refractivity contribution in [1.82, 2.24) is 9.78 Å². The number of hydrogen-bond donors (Lipinski definition) is 1. The van der Waals surface area contributed by atoms with E-state index < -0.39 is 11.0 Å². The molecule has 0 aliphatic rings. The highest BCUT2D eigenvalue weighted by Gasteiger charge is 2.16. The SMILES string of the molecule is CN(CC(O)Cn1cc([N+](=O)[O-])cn1)c1ccc(C(C)(C)C)cc1. The fourth-order valence-corrected chi connectivity index (χ4v) is 2.46. The number of likely N-dealkylation sites (N-methyl/N-ethyl adjacent to an activating group) is 1. The summed E-state index contributed by atoms with van der Waals surface area (Å²) in [6.45, 7) is 7.11. The van der Waals surface area contributed by atoms with E-state index >= 15 is 0 Å². The first kappa shape index (κ1) is 17.9. The lowest BCUT2D eigenvalue weighted by atomic mass is 9.87. The molecule has 1 N–H and O–H groups in total. The van der Waals surface area contributed by atoms with Gasteiger partial charge in [-0.1, -0.05) is 32.9 Å². The highest BCUT2D eigenvalue weighted by molar-refractivity contribution is 5.48. The molecule has 1 aromatic heterocycles. The van der Waals surface area contributed by atoms with Gasteiger partial charge in [0.15, 0.2) is 0 Å². The summed E-state index contributed by atoms with van der Waals surface area (Å²) < 4.78 is 1.39. The predicted octanol–water partition coefficient (Wildman–Crippen LogP) is 2.59. The van der Waals surface area contributed by atoms with Gasteiger partial charge in [-0.05, 0) is 23.1 Å². The Morgan fingerprint density at radius 2 is 1.96 bits per heavy atom. The Labute approximate surface area is 141 Å². The number of aliphatic hydroxyl groups is 1. The molecule has 0 bridgehead atoms. The van der Waals surface area contributed by atoms with Crippen molar-refractivity contribution >= 4 is 11.4 Å². The lowest BCUT2D eigenvalue weighted by Crippen LogP contribution is -2.32. The minimum atomic E-state index is -0.684. The number of nitro groups is 1. The van der Waals surface area contributed by atoms with Gasteiger partial charge in [-0.15, -0.1) is 0 Å². The van der Waals surface area contributed by atoms with Crippen LogP contribution in [0.1, 0.15) is 26.3 Å². The Kier molecular flexibility index (Phi) is 5.23. The Morgan fingerprint density at radius 3 is 2.46 bits per heavy atom. The Hall–Kier alpha value is -2.41. The summed E-state index contributed by atoms with van der Waals surface area (Å²) in [4.78, 5) is 12.1. The maximum absolute atomic E-state index is 10.6. The van der Waals surface area contributed by atoms with Crippen LogP contribution in [0, 0.1) is 10.1 Å². The van der Waals surface area contributed by atoms with Crippen molar-refractivity contribution in [2.45, 2.75) is 38.8 Å². The van der Waals surface area contributed by atoms with E-state index in [2.05, 4.69) is 38.0 Å². The van der Waals surface area contributed by atoms with Crippen LogP contribution in [0.4, 0.5) is 11.4 Å². The molecule has 1 atom stereocenters. The maximum Gasteiger partial charge on any atom is 0.306 e. The number of aromatic nitrogens is 2. The standard InChI is InChI=1S/C17H24N4O3/c1-17(2,3)13-5-7-14(8-6-13)19(4)11-16(22)12-20-10-15(9-18-20)21(23)24/h5-10,16,22H,11-12H2,1-4H3. The Bertz CT molecular complexity index is 689.